The molecule has 0 saturated carbocycles. The van der Waals surface area contributed by atoms with Gasteiger partial charge in [-0.15, -0.1) is 0 Å². The van der Waals surface area contributed by atoms with Gasteiger partial charge in [-0.3, -0.25) is 14.3 Å². The number of morpholine rings is 1. The first-order chi connectivity index (χ1) is 15.4. The number of halogens is 1. The van der Waals surface area contributed by atoms with Crippen molar-refractivity contribution in [2.75, 3.05) is 26.3 Å². The summed E-state index contributed by atoms with van der Waals surface area (Å²) < 4.78 is 28.0. The van der Waals surface area contributed by atoms with Crippen LogP contribution in [0.4, 0.5) is 4.39 Å². The molecule has 9 nitrogen and oxygen atoms in total. The summed E-state index contributed by atoms with van der Waals surface area (Å²) in [5, 5.41) is 8.57. The van der Waals surface area contributed by atoms with Crippen LogP contribution in [0, 0.1) is 5.82 Å². The number of rotatable bonds is 6. The van der Waals surface area contributed by atoms with E-state index in [0.29, 0.717) is 38.4 Å². The van der Waals surface area contributed by atoms with E-state index in [1.54, 1.807) is 27.8 Å². The monoisotopic (exact) mass is 441 g/mol. The van der Waals surface area contributed by atoms with Crippen molar-refractivity contribution in [1.82, 2.24) is 24.5 Å². The van der Waals surface area contributed by atoms with Crippen LogP contribution in [0.3, 0.4) is 0 Å². The second-order valence-electron chi connectivity index (χ2n) is 7.50. The SMILES string of the molecule is Cn1nc([C@H]2CN(C(=O)c3ccc(=O)n(C)n3)CCO2)cc1CCOc1ccccc1F. The highest BCUT2D eigenvalue weighted by Crippen LogP contribution is 2.23. The summed E-state index contributed by atoms with van der Waals surface area (Å²) in [6.45, 7) is 1.42. The lowest BCUT2D eigenvalue weighted by atomic mass is 10.1. The van der Waals surface area contributed by atoms with E-state index in [4.69, 9.17) is 9.47 Å². The third kappa shape index (κ3) is 4.70. The first kappa shape index (κ1) is 21.7. The van der Waals surface area contributed by atoms with Crippen molar-refractivity contribution >= 4 is 5.91 Å². The van der Waals surface area contributed by atoms with Gasteiger partial charge in [-0.1, -0.05) is 12.1 Å². The highest BCUT2D eigenvalue weighted by atomic mass is 19.1. The lowest BCUT2D eigenvalue weighted by molar-refractivity contribution is -0.0251. The predicted octanol–water partition coefficient (Wildman–Crippen LogP) is 1.49. The Morgan fingerprint density at radius 3 is 2.78 bits per heavy atom. The minimum Gasteiger partial charge on any atom is -0.490 e. The molecule has 0 aliphatic carbocycles. The number of aryl methyl sites for hydroxylation is 2. The van der Waals surface area contributed by atoms with E-state index in [1.165, 1.54) is 25.2 Å². The highest BCUT2D eigenvalue weighted by Gasteiger charge is 2.29. The molecule has 0 spiro atoms. The zero-order valence-electron chi connectivity index (χ0n) is 17.9. The van der Waals surface area contributed by atoms with Crippen LogP contribution in [0.5, 0.6) is 5.75 Å². The fraction of sp³-hybridized carbons (Fsp3) is 0.364. The summed E-state index contributed by atoms with van der Waals surface area (Å²) in [4.78, 5) is 26.0. The van der Waals surface area contributed by atoms with Crippen LogP contribution < -0.4 is 10.3 Å². The molecule has 168 valence electrons. The van der Waals surface area contributed by atoms with E-state index in [0.717, 1.165) is 10.4 Å². The van der Waals surface area contributed by atoms with Gasteiger partial charge >= 0.3 is 0 Å². The average molecular weight is 441 g/mol. The Balaban J connectivity index is 1.40. The normalized spacial score (nSPS) is 16.2. The molecule has 1 fully saturated rings. The zero-order valence-corrected chi connectivity index (χ0v) is 17.9. The summed E-state index contributed by atoms with van der Waals surface area (Å²) >= 11 is 0. The van der Waals surface area contributed by atoms with E-state index >= 15 is 0 Å². The Bertz CT molecular complexity index is 1180. The smallest absolute Gasteiger partial charge is 0.274 e. The molecule has 1 atom stereocenters. The van der Waals surface area contributed by atoms with Gasteiger partial charge in [-0.2, -0.15) is 10.2 Å². The van der Waals surface area contributed by atoms with E-state index in [1.807, 2.05) is 13.1 Å². The standard InChI is InChI=1S/C22H24FN5O4/c1-26-15(9-11-31-19-6-4-3-5-16(19)23)13-18(25-26)20-14-28(10-12-32-20)22(30)17-7-8-21(29)27(2)24-17/h3-8,13,20H,9-12,14H2,1-2H3/t20-/m1/s1. The maximum Gasteiger partial charge on any atom is 0.274 e. The molecule has 1 aromatic carbocycles. The van der Waals surface area contributed by atoms with Gasteiger partial charge in [0.2, 0.25) is 0 Å². The molecule has 0 unspecified atom stereocenters. The molecular formula is C22H24FN5O4. The van der Waals surface area contributed by atoms with Crippen LogP contribution in [0.15, 0.2) is 47.3 Å². The summed E-state index contributed by atoms with van der Waals surface area (Å²) in [6, 6.07) is 11.0. The molecule has 3 aromatic rings. The molecule has 1 amide bonds. The van der Waals surface area contributed by atoms with Gasteiger partial charge in [0.1, 0.15) is 11.8 Å². The fourth-order valence-electron chi connectivity index (χ4n) is 3.54. The van der Waals surface area contributed by atoms with E-state index in [-0.39, 0.29) is 29.0 Å². The Hall–Kier alpha value is -3.53. The molecule has 32 heavy (non-hydrogen) atoms. The fourth-order valence-corrected chi connectivity index (χ4v) is 3.54. The van der Waals surface area contributed by atoms with Crippen molar-refractivity contribution in [1.29, 1.82) is 0 Å². The Morgan fingerprint density at radius 1 is 1.19 bits per heavy atom. The largest absolute Gasteiger partial charge is 0.490 e. The number of carbonyl (C=O) groups is 1. The maximum atomic E-state index is 13.7. The molecule has 1 saturated heterocycles. The van der Waals surface area contributed by atoms with Crippen LogP contribution in [-0.2, 0) is 25.3 Å². The Morgan fingerprint density at radius 2 is 2.00 bits per heavy atom. The number of hydrogen-bond acceptors (Lipinski definition) is 6. The molecular weight excluding hydrogens is 417 g/mol. The summed E-state index contributed by atoms with van der Waals surface area (Å²) in [5.74, 6) is -0.443. The van der Waals surface area contributed by atoms with Crippen LogP contribution in [-0.4, -0.2) is 56.7 Å². The topological polar surface area (TPSA) is 91.5 Å². The van der Waals surface area contributed by atoms with Crippen molar-refractivity contribution in [3.05, 3.63) is 75.7 Å². The first-order valence-corrected chi connectivity index (χ1v) is 10.3. The molecule has 1 aliphatic heterocycles. The maximum absolute atomic E-state index is 13.7. The molecule has 4 rings (SSSR count). The Kier molecular flexibility index (Phi) is 6.31. The van der Waals surface area contributed by atoms with Gasteiger partial charge in [0.05, 0.1) is 25.5 Å². The summed E-state index contributed by atoms with van der Waals surface area (Å²) in [6.07, 6.45) is 0.155. The predicted molar refractivity (Wildman–Crippen MR) is 113 cm³/mol. The number of ether oxygens (including phenoxy) is 2. The van der Waals surface area contributed by atoms with Crippen molar-refractivity contribution in [2.24, 2.45) is 14.1 Å². The highest BCUT2D eigenvalue weighted by molar-refractivity contribution is 5.92. The number of amides is 1. The molecule has 2 aromatic heterocycles. The number of para-hydroxylation sites is 1. The first-order valence-electron chi connectivity index (χ1n) is 10.3. The molecule has 10 heteroatoms. The number of nitrogens with zero attached hydrogens (tertiary/aromatic N) is 5. The molecule has 0 bridgehead atoms. The van der Waals surface area contributed by atoms with Gasteiger partial charge in [0.15, 0.2) is 11.6 Å². The van der Waals surface area contributed by atoms with Crippen LogP contribution in [0.1, 0.15) is 28.0 Å². The van der Waals surface area contributed by atoms with Gasteiger partial charge < -0.3 is 14.4 Å². The second kappa shape index (κ2) is 9.31. The molecule has 0 N–H and O–H groups in total. The molecule has 3 heterocycles. The van der Waals surface area contributed by atoms with Gasteiger partial charge in [0.25, 0.3) is 11.5 Å². The third-order valence-electron chi connectivity index (χ3n) is 5.31. The minimum atomic E-state index is -0.397. The van der Waals surface area contributed by atoms with Crippen molar-refractivity contribution < 1.29 is 18.7 Å². The van der Waals surface area contributed by atoms with Crippen LogP contribution in [0.2, 0.25) is 0 Å². The average Bonchev–Trinajstić information content (AvgIpc) is 3.17. The Labute approximate surface area is 184 Å². The van der Waals surface area contributed by atoms with E-state index < -0.39 is 5.82 Å². The quantitative estimate of drug-likeness (QED) is 0.576. The number of hydrogen-bond donors (Lipinski definition) is 0. The van der Waals surface area contributed by atoms with Crippen molar-refractivity contribution in [3.63, 3.8) is 0 Å². The lowest BCUT2D eigenvalue weighted by Gasteiger charge is -2.31. The van der Waals surface area contributed by atoms with E-state index in [2.05, 4.69) is 10.2 Å². The summed E-state index contributed by atoms with van der Waals surface area (Å²) in [7, 11) is 3.33. The van der Waals surface area contributed by atoms with Crippen LogP contribution in [0.25, 0.3) is 0 Å². The van der Waals surface area contributed by atoms with Gasteiger partial charge in [-0.25, -0.2) is 9.07 Å². The van der Waals surface area contributed by atoms with Gasteiger partial charge in [-0.05, 0) is 24.3 Å². The summed E-state index contributed by atoms with van der Waals surface area (Å²) in [5.41, 5.74) is 1.54. The van der Waals surface area contributed by atoms with Gasteiger partial charge in [0, 0.05) is 38.8 Å². The number of carbonyl (C=O) groups excluding carboxylic acids is 1. The van der Waals surface area contributed by atoms with E-state index in [9.17, 15) is 14.0 Å². The molecule has 0 radical (unpaired) electrons. The van der Waals surface area contributed by atoms with Crippen LogP contribution >= 0.6 is 0 Å². The molecule has 1 aliphatic rings. The minimum absolute atomic E-state index is 0.208. The lowest BCUT2D eigenvalue weighted by Crippen LogP contribution is -2.43. The van der Waals surface area contributed by atoms with Crippen molar-refractivity contribution in [3.8, 4) is 5.75 Å². The zero-order chi connectivity index (χ0) is 22.7. The third-order valence-corrected chi connectivity index (χ3v) is 5.31. The van der Waals surface area contributed by atoms with Crippen molar-refractivity contribution in [2.45, 2.75) is 12.5 Å². The second-order valence-corrected chi connectivity index (χ2v) is 7.50. The number of aromatic nitrogens is 4. The number of benzene rings is 1.